The number of rotatable bonds is 2. The van der Waals surface area contributed by atoms with Crippen molar-refractivity contribution in [3.63, 3.8) is 0 Å². The van der Waals surface area contributed by atoms with E-state index in [-0.39, 0.29) is 5.78 Å². The van der Waals surface area contributed by atoms with Crippen molar-refractivity contribution in [3.8, 4) is 0 Å². The Bertz CT molecular complexity index is 500. The summed E-state index contributed by atoms with van der Waals surface area (Å²) >= 11 is 0. The van der Waals surface area contributed by atoms with Crippen molar-refractivity contribution >= 4 is 5.78 Å². The monoisotopic (exact) mass is 212 g/mol. The fourth-order valence-electron chi connectivity index (χ4n) is 1.72. The quantitative estimate of drug-likeness (QED) is 0.717. The van der Waals surface area contributed by atoms with Gasteiger partial charge in [0, 0.05) is 18.0 Å². The molecule has 0 aliphatic heterocycles. The van der Waals surface area contributed by atoms with Crippen LogP contribution in [0.3, 0.4) is 0 Å². The maximum Gasteiger partial charge on any atom is 0.213 e. The van der Waals surface area contributed by atoms with E-state index in [9.17, 15) is 4.79 Å². The van der Waals surface area contributed by atoms with Crippen molar-refractivity contribution in [2.75, 3.05) is 0 Å². The molecular weight excluding hydrogens is 200 g/mol. The first-order valence-electron chi connectivity index (χ1n) is 5.07. The highest BCUT2D eigenvalue weighted by atomic mass is 16.1. The molecule has 0 unspecified atom stereocenters. The standard InChI is InChI=1S/C13H12N2O/c1-9-4-3-5-10(2)12(9)13(16)11-8-14-6-7-15-11/h3-8H,1-2H3. The third-order valence-corrected chi connectivity index (χ3v) is 2.50. The molecule has 0 saturated carbocycles. The van der Waals surface area contributed by atoms with Crippen LogP contribution < -0.4 is 0 Å². The number of nitrogens with zero attached hydrogens (tertiary/aromatic N) is 2. The normalized spacial score (nSPS) is 10.1. The Morgan fingerprint density at radius 3 is 2.38 bits per heavy atom. The Labute approximate surface area is 94.2 Å². The summed E-state index contributed by atoms with van der Waals surface area (Å²) < 4.78 is 0. The number of carbonyl (C=O) groups excluding carboxylic acids is 1. The third kappa shape index (κ3) is 1.84. The largest absolute Gasteiger partial charge is 0.287 e. The number of aromatic nitrogens is 2. The molecule has 0 fully saturated rings. The number of hydrogen-bond donors (Lipinski definition) is 0. The fraction of sp³-hybridized carbons (Fsp3) is 0.154. The second-order valence-corrected chi connectivity index (χ2v) is 3.69. The molecule has 3 heteroatoms. The summed E-state index contributed by atoms with van der Waals surface area (Å²) in [5, 5.41) is 0. The molecule has 0 spiro atoms. The van der Waals surface area contributed by atoms with E-state index in [2.05, 4.69) is 9.97 Å². The van der Waals surface area contributed by atoms with Gasteiger partial charge in [0.1, 0.15) is 5.69 Å². The average molecular weight is 212 g/mol. The van der Waals surface area contributed by atoms with Crippen LogP contribution in [-0.4, -0.2) is 15.8 Å². The summed E-state index contributed by atoms with van der Waals surface area (Å²) in [4.78, 5) is 20.1. The molecule has 1 heterocycles. The van der Waals surface area contributed by atoms with E-state index in [4.69, 9.17) is 0 Å². The molecule has 0 atom stereocenters. The van der Waals surface area contributed by atoms with Crippen LogP contribution in [0.1, 0.15) is 27.2 Å². The van der Waals surface area contributed by atoms with Gasteiger partial charge in [0.2, 0.25) is 5.78 Å². The van der Waals surface area contributed by atoms with Gasteiger partial charge in [-0.3, -0.25) is 9.78 Å². The van der Waals surface area contributed by atoms with E-state index in [1.807, 2.05) is 32.0 Å². The lowest BCUT2D eigenvalue weighted by Crippen LogP contribution is -2.08. The number of aryl methyl sites for hydroxylation is 2. The predicted molar refractivity (Wildman–Crippen MR) is 61.4 cm³/mol. The Morgan fingerprint density at radius 2 is 1.81 bits per heavy atom. The average Bonchev–Trinajstić information content (AvgIpc) is 2.30. The van der Waals surface area contributed by atoms with Crippen LogP contribution in [0.25, 0.3) is 0 Å². The summed E-state index contributed by atoms with van der Waals surface area (Å²) in [6.07, 6.45) is 4.58. The lowest BCUT2D eigenvalue weighted by Gasteiger charge is -2.07. The van der Waals surface area contributed by atoms with Gasteiger partial charge in [-0.1, -0.05) is 18.2 Å². The highest BCUT2D eigenvalue weighted by Crippen LogP contribution is 2.16. The van der Waals surface area contributed by atoms with E-state index < -0.39 is 0 Å². The molecule has 0 N–H and O–H groups in total. The van der Waals surface area contributed by atoms with E-state index in [0.29, 0.717) is 5.69 Å². The minimum absolute atomic E-state index is 0.0660. The number of carbonyl (C=O) groups is 1. The summed E-state index contributed by atoms with van der Waals surface area (Å²) in [5.41, 5.74) is 3.05. The molecule has 3 nitrogen and oxygen atoms in total. The molecule has 1 aromatic heterocycles. The molecule has 0 aliphatic carbocycles. The molecule has 2 rings (SSSR count). The first-order chi connectivity index (χ1) is 7.70. The summed E-state index contributed by atoms with van der Waals surface area (Å²) in [6.45, 7) is 3.85. The van der Waals surface area contributed by atoms with Crippen LogP contribution in [-0.2, 0) is 0 Å². The van der Waals surface area contributed by atoms with Crippen molar-refractivity contribution in [2.45, 2.75) is 13.8 Å². The number of hydrogen-bond acceptors (Lipinski definition) is 3. The van der Waals surface area contributed by atoms with Gasteiger partial charge in [0.15, 0.2) is 0 Å². The summed E-state index contributed by atoms with van der Waals surface area (Å²) in [6, 6.07) is 5.80. The van der Waals surface area contributed by atoms with Crippen LogP contribution in [0.15, 0.2) is 36.8 Å². The maximum absolute atomic E-state index is 12.2. The van der Waals surface area contributed by atoms with E-state index in [0.717, 1.165) is 16.7 Å². The van der Waals surface area contributed by atoms with Crippen molar-refractivity contribution < 1.29 is 4.79 Å². The lowest BCUT2D eigenvalue weighted by atomic mass is 9.98. The number of benzene rings is 1. The van der Waals surface area contributed by atoms with Crippen LogP contribution >= 0.6 is 0 Å². The maximum atomic E-state index is 12.2. The molecule has 0 bridgehead atoms. The minimum Gasteiger partial charge on any atom is -0.287 e. The molecule has 1 aromatic carbocycles. The van der Waals surface area contributed by atoms with Crippen molar-refractivity contribution in [3.05, 3.63) is 59.2 Å². The molecule has 0 saturated heterocycles. The van der Waals surface area contributed by atoms with Gasteiger partial charge in [-0.25, -0.2) is 4.98 Å². The van der Waals surface area contributed by atoms with Crippen molar-refractivity contribution in [1.29, 1.82) is 0 Å². The fourth-order valence-corrected chi connectivity index (χ4v) is 1.72. The van der Waals surface area contributed by atoms with E-state index in [1.54, 1.807) is 6.20 Å². The molecule has 16 heavy (non-hydrogen) atoms. The zero-order chi connectivity index (χ0) is 11.5. The highest BCUT2D eigenvalue weighted by Gasteiger charge is 2.14. The molecule has 80 valence electrons. The Morgan fingerprint density at radius 1 is 1.12 bits per heavy atom. The smallest absolute Gasteiger partial charge is 0.213 e. The van der Waals surface area contributed by atoms with Crippen molar-refractivity contribution in [2.24, 2.45) is 0 Å². The molecule has 0 aliphatic rings. The Balaban J connectivity index is 2.50. The summed E-state index contributed by atoms with van der Waals surface area (Å²) in [5.74, 6) is -0.0660. The first kappa shape index (κ1) is 10.5. The lowest BCUT2D eigenvalue weighted by molar-refractivity contribution is 0.103. The van der Waals surface area contributed by atoms with Gasteiger partial charge in [0.25, 0.3) is 0 Å². The second-order valence-electron chi connectivity index (χ2n) is 3.69. The number of ketones is 1. The van der Waals surface area contributed by atoms with Gasteiger partial charge in [-0.05, 0) is 25.0 Å². The van der Waals surface area contributed by atoms with Gasteiger partial charge in [0.05, 0.1) is 6.20 Å². The Kier molecular flexibility index (Phi) is 2.77. The Hall–Kier alpha value is -2.03. The molecule has 0 amide bonds. The van der Waals surface area contributed by atoms with Gasteiger partial charge >= 0.3 is 0 Å². The minimum atomic E-state index is -0.0660. The zero-order valence-electron chi connectivity index (χ0n) is 9.27. The van der Waals surface area contributed by atoms with Crippen molar-refractivity contribution in [1.82, 2.24) is 9.97 Å². The zero-order valence-corrected chi connectivity index (χ0v) is 9.27. The van der Waals surface area contributed by atoms with Crippen LogP contribution in [0.2, 0.25) is 0 Å². The van der Waals surface area contributed by atoms with Crippen LogP contribution in [0, 0.1) is 13.8 Å². The second kappa shape index (κ2) is 4.23. The molecule has 0 radical (unpaired) electrons. The van der Waals surface area contributed by atoms with E-state index >= 15 is 0 Å². The topological polar surface area (TPSA) is 42.9 Å². The van der Waals surface area contributed by atoms with Crippen LogP contribution in [0.4, 0.5) is 0 Å². The van der Waals surface area contributed by atoms with Crippen LogP contribution in [0.5, 0.6) is 0 Å². The SMILES string of the molecule is Cc1cccc(C)c1C(=O)c1cnccn1. The highest BCUT2D eigenvalue weighted by molar-refractivity contribution is 6.09. The summed E-state index contributed by atoms with van der Waals surface area (Å²) in [7, 11) is 0. The molecular formula is C13H12N2O. The van der Waals surface area contributed by atoms with Gasteiger partial charge in [-0.2, -0.15) is 0 Å². The third-order valence-electron chi connectivity index (χ3n) is 2.50. The van der Waals surface area contributed by atoms with E-state index in [1.165, 1.54) is 12.4 Å². The predicted octanol–water partition coefficient (Wildman–Crippen LogP) is 2.32. The molecule has 2 aromatic rings. The van der Waals surface area contributed by atoms with Gasteiger partial charge in [-0.15, -0.1) is 0 Å². The van der Waals surface area contributed by atoms with Gasteiger partial charge < -0.3 is 0 Å². The first-order valence-corrected chi connectivity index (χ1v) is 5.07.